The summed E-state index contributed by atoms with van der Waals surface area (Å²) in [5.41, 5.74) is 3.20. The SMILES string of the molecule is CC(=O)c1c[nH]c(C(=O)OCCOc2ccc(C(C)C)c(C)c2)c1. The summed E-state index contributed by atoms with van der Waals surface area (Å²) in [6.45, 7) is 8.21. The number of aryl methyl sites for hydroxylation is 1. The quantitative estimate of drug-likeness (QED) is 0.475. The normalized spacial score (nSPS) is 10.7. The van der Waals surface area contributed by atoms with Crippen molar-refractivity contribution in [2.75, 3.05) is 13.2 Å². The van der Waals surface area contributed by atoms with Crippen molar-refractivity contribution in [3.63, 3.8) is 0 Å². The maximum Gasteiger partial charge on any atom is 0.354 e. The van der Waals surface area contributed by atoms with Gasteiger partial charge in [0.05, 0.1) is 0 Å². The van der Waals surface area contributed by atoms with Gasteiger partial charge in [-0.05, 0) is 49.1 Å². The Bertz CT molecular complexity index is 731. The smallest absolute Gasteiger partial charge is 0.354 e. The topological polar surface area (TPSA) is 68.4 Å². The molecule has 2 rings (SSSR count). The largest absolute Gasteiger partial charge is 0.490 e. The van der Waals surface area contributed by atoms with Crippen LogP contribution in [0.1, 0.15) is 58.7 Å². The van der Waals surface area contributed by atoms with Crippen LogP contribution < -0.4 is 4.74 Å². The molecule has 0 amide bonds. The first-order valence-electron chi connectivity index (χ1n) is 7.98. The van der Waals surface area contributed by atoms with E-state index in [-0.39, 0.29) is 24.7 Å². The van der Waals surface area contributed by atoms with Crippen LogP contribution in [0.4, 0.5) is 0 Å². The fourth-order valence-electron chi connectivity index (χ4n) is 2.47. The molecular weight excluding hydrogens is 306 g/mol. The molecule has 1 aromatic heterocycles. The first-order chi connectivity index (χ1) is 11.4. The molecule has 2 aromatic rings. The summed E-state index contributed by atoms with van der Waals surface area (Å²) >= 11 is 0. The highest BCUT2D eigenvalue weighted by Crippen LogP contribution is 2.23. The molecule has 0 aliphatic rings. The lowest BCUT2D eigenvalue weighted by atomic mass is 9.98. The third-order valence-electron chi connectivity index (χ3n) is 3.76. The van der Waals surface area contributed by atoms with Crippen molar-refractivity contribution in [3.8, 4) is 5.75 Å². The van der Waals surface area contributed by atoms with Crippen molar-refractivity contribution in [1.82, 2.24) is 4.98 Å². The van der Waals surface area contributed by atoms with E-state index < -0.39 is 5.97 Å². The molecule has 0 saturated carbocycles. The lowest BCUT2D eigenvalue weighted by Crippen LogP contribution is -2.12. The second-order valence-electron chi connectivity index (χ2n) is 6.02. The monoisotopic (exact) mass is 329 g/mol. The molecule has 0 saturated heterocycles. The zero-order chi connectivity index (χ0) is 17.7. The van der Waals surface area contributed by atoms with Crippen LogP contribution in [0.2, 0.25) is 0 Å². The van der Waals surface area contributed by atoms with Crippen LogP contribution >= 0.6 is 0 Å². The van der Waals surface area contributed by atoms with Gasteiger partial charge in [-0.1, -0.05) is 19.9 Å². The molecule has 5 nitrogen and oxygen atoms in total. The molecule has 5 heteroatoms. The Morgan fingerprint density at radius 1 is 1.17 bits per heavy atom. The van der Waals surface area contributed by atoms with Gasteiger partial charge in [0.15, 0.2) is 5.78 Å². The fourth-order valence-corrected chi connectivity index (χ4v) is 2.47. The highest BCUT2D eigenvalue weighted by atomic mass is 16.6. The van der Waals surface area contributed by atoms with Crippen molar-refractivity contribution in [2.45, 2.75) is 33.6 Å². The lowest BCUT2D eigenvalue weighted by molar-refractivity contribution is 0.0444. The van der Waals surface area contributed by atoms with E-state index in [0.29, 0.717) is 11.5 Å². The first kappa shape index (κ1) is 17.8. The summed E-state index contributed by atoms with van der Waals surface area (Å²) in [5, 5.41) is 0. The van der Waals surface area contributed by atoms with Crippen LogP contribution in [0.25, 0.3) is 0 Å². The van der Waals surface area contributed by atoms with Crippen LogP contribution in [-0.4, -0.2) is 30.0 Å². The molecule has 24 heavy (non-hydrogen) atoms. The van der Waals surface area contributed by atoms with Crippen LogP contribution in [-0.2, 0) is 4.74 Å². The minimum Gasteiger partial charge on any atom is -0.490 e. The summed E-state index contributed by atoms with van der Waals surface area (Å²) in [5.74, 6) is 0.624. The number of ether oxygens (including phenoxy) is 2. The van der Waals surface area contributed by atoms with E-state index in [1.807, 2.05) is 12.1 Å². The van der Waals surface area contributed by atoms with Crippen molar-refractivity contribution in [1.29, 1.82) is 0 Å². The molecule has 0 radical (unpaired) electrons. The minimum atomic E-state index is -0.502. The highest BCUT2D eigenvalue weighted by Gasteiger charge is 2.12. The molecule has 1 N–H and O–H groups in total. The van der Waals surface area contributed by atoms with Crippen molar-refractivity contribution >= 4 is 11.8 Å². The Labute approximate surface area is 142 Å². The van der Waals surface area contributed by atoms with Crippen molar-refractivity contribution < 1.29 is 19.1 Å². The van der Waals surface area contributed by atoms with Crippen molar-refractivity contribution in [3.05, 3.63) is 52.8 Å². The molecule has 1 heterocycles. The maximum absolute atomic E-state index is 11.8. The van der Waals surface area contributed by atoms with E-state index in [1.54, 1.807) is 0 Å². The lowest BCUT2D eigenvalue weighted by Gasteiger charge is -2.12. The van der Waals surface area contributed by atoms with E-state index in [4.69, 9.17) is 9.47 Å². The molecular formula is C19H23NO4. The van der Waals surface area contributed by atoms with E-state index in [0.717, 1.165) is 5.75 Å². The Kier molecular flexibility index (Phi) is 5.79. The first-order valence-corrected chi connectivity index (χ1v) is 7.98. The van der Waals surface area contributed by atoms with Gasteiger partial charge in [-0.2, -0.15) is 0 Å². The van der Waals surface area contributed by atoms with E-state index in [2.05, 4.69) is 31.8 Å². The van der Waals surface area contributed by atoms with Crippen LogP contribution in [0.15, 0.2) is 30.5 Å². The molecule has 0 aliphatic heterocycles. The van der Waals surface area contributed by atoms with E-state index >= 15 is 0 Å². The minimum absolute atomic E-state index is 0.103. The third kappa shape index (κ3) is 4.47. The van der Waals surface area contributed by atoms with Gasteiger partial charge in [-0.15, -0.1) is 0 Å². The molecule has 0 unspecified atom stereocenters. The number of hydrogen-bond acceptors (Lipinski definition) is 4. The van der Waals surface area contributed by atoms with Gasteiger partial charge in [0.2, 0.25) is 0 Å². The Morgan fingerprint density at radius 2 is 1.92 bits per heavy atom. The predicted octanol–water partition coefficient (Wildman–Crippen LogP) is 3.88. The number of Topliss-reactive ketones (excluding diaryl/α,β-unsaturated/α-hetero) is 1. The Balaban J connectivity index is 1.81. The van der Waals surface area contributed by atoms with Gasteiger partial charge in [0.1, 0.15) is 24.7 Å². The molecule has 0 aliphatic carbocycles. The molecule has 0 atom stereocenters. The number of H-pyrrole nitrogens is 1. The number of rotatable bonds is 7. The number of aromatic amines is 1. The number of carbonyl (C=O) groups is 2. The summed E-state index contributed by atoms with van der Waals surface area (Å²) in [6.07, 6.45) is 1.49. The average molecular weight is 329 g/mol. The maximum atomic E-state index is 11.8. The Hall–Kier alpha value is -2.56. The van der Waals surface area contributed by atoms with Gasteiger partial charge in [-0.3, -0.25) is 4.79 Å². The third-order valence-corrected chi connectivity index (χ3v) is 3.76. The van der Waals surface area contributed by atoms with Gasteiger partial charge >= 0.3 is 5.97 Å². The number of carbonyl (C=O) groups excluding carboxylic acids is 2. The number of benzene rings is 1. The zero-order valence-corrected chi connectivity index (χ0v) is 14.5. The van der Waals surface area contributed by atoms with E-state index in [9.17, 15) is 9.59 Å². The zero-order valence-electron chi connectivity index (χ0n) is 14.5. The summed E-state index contributed by atoms with van der Waals surface area (Å²) in [7, 11) is 0. The molecule has 128 valence electrons. The average Bonchev–Trinajstić information content (AvgIpc) is 3.01. The number of hydrogen-bond donors (Lipinski definition) is 1. The second kappa shape index (κ2) is 7.81. The second-order valence-corrected chi connectivity index (χ2v) is 6.02. The number of esters is 1. The highest BCUT2D eigenvalue weighted by molar-refractivity contribution is 5.97. The molecule has 1 aromatic carbocycles. The number of ketones is 1. The van der Waals surface area contributed by atoms with Crippen LogP contribution in [0.5, 0.6) is 5.75 Å². The predicted molar refractivity (Wildman–Crippen MR) is 91.8 cm³/mol. The van der Waals surface area contributed by atoms with Crippen LogP contribution in [0.3, 0.4) is 0 Å². The number of aromatic nitrogens is 1. The van der Waals surface area contributed by atoms with Gasteiger partial charge in [-0.25, -0.2) is 4.79 Å². The molecule has 0 fully saturated rings. The van der Waals surface area contributed by atoms with Crippen molar-refractivity contribution in [2.24, 2.45) is 0 Å². The van der Waals surface area contributed by atoms with Gasteiger partial charge in [0.25, 0.3) is 0 Å². The molecule has 0 bridgehead atoms. The molecule has 0 spiro atoms. The summed E-state index contributed by atoms with van der Waals surface area (Å²) in [6, 6.07) is 7.46. The Morgan fingerprint density at radius 3 is 2.50 bits per heavy atom. The van der Waals surface area contributed by atoms with Gasteiger partial charge in [0, 0.05) is 11.8 Å². The summed E-state index contributed by atoms with van der Waals surface area (Å²) in [4.78, 5) is 25.8. The fraction of sp³-hybridized carbons (Fsp3) is 0.368. The van der Waals surface area contributed by atoms with Gasteiger partial charge < -0.3 is 14.5 Å². The van der Waals surface area contributed by atoms with Crippen LogP contribution in [0, 0.1) is 6.92 Å². The summed E-state index contributed by atoms with van der Waals surface area (Å²) < 4.78 is 10.7. The van der Waals surface area contributed by atoms with E-state index in [1.165, 1.54) is 30.3 Å². The standard InChI is InChI=1S/C19H23NO4/c1-12(2)17-6-5-16(9-13(17)3)23-7-8-24-19(22)18-10-15(11-20-18)14(4)21/h5-6,9-12,20H,7-8H2,1-4H3. The number of nitrogens with one attached hydrogen (secondary N) is 1.